The van der Waals surface area contributed by atoms with Gasteiger partial charge in [-0.25, -0.2) is 0 Å². The molecule has 1 nitrogen and oxygen atoms in total. The van der Waals surface area contributed by atoms with E-state index in [1.807, 2.05) is 0 Å². The largest absolute Gasteiger partial charge is 0.294 e. The highest BCUT2D eigenvalue weighted by Gasteiger charge is 2.31. The molecule has 1 aromatic rings. The maximum atomic E-state index is 12.0. The molecule has 1 aliphatic rings. The first kappa shape index (κ1) is 11.4. The van der Waals surface area contributed by atoms with E-state index >= 15 is 0 Å². The molecule has 1 atom stereocenters. The number of carbonyl (C=O) groups is 1. The molecule has 0 amide bonds. The number of ketones is 1. The van der Waals surface area contributed by atoms with Gasteiger partial charge in [-0.15, -0.1) is 0 Å². The summed E-state index contributed by atoms with van der Waals surface area (Å²) < 4.78 is 0. The number of Topliss-reactive ketones (excluding diaryl/α,β-unsaturated/α-hetero) is 1. The van der Waals surface area contributed by atoms with Crippen molar-refractivity contribution in [2.24, 2.45) is 5.92 Å². The maximum absolute atomic E-state index is 12.0. The van der Waals surface area contributed by atoms with E-state index in [0.717, 1.165) is 18.4 Å². The number of rotatable bonds is 2. The molecule has 0 aliphatic heterocycles. The smallest absolute Gasteiger partial charge is 0.163 e. The molecule has 2 rings (SSSR count). The Morgan fingerprint density at radius 2 is 2.00 bits per heavy atom. The van der Waals surface area contributed by atoms with Crippen molar-refractivity contribution >= 4 is 5.78 Å². The number of benzene rings is 1. The van der Waals surface area contributed by atoms with Gasteiger partial charge in [0.2, 0.25) is 0 Å². The van der Waals surface area contributed by atoms with Crippen molar-refractivity contribution in [1.29, 1.82) is 0 Å². The molecule has 1 unspecified atom stereocenters. The quantitative estimate of drug-likeness (QED) is 0.729. The van der Waals surface area contributed by atoms with Gasteiger partial charge in [-0.2, -0.15) is 0 Å². The van der Waals surface area contributed by atoms with Gasteiger partial charge in [0, 0.05) is 12.0 Å². The predicted molar refractivity (Wildman–Crippen MR) is 67.1 cm³/mol. The average molecular weight is 216 g/mol. The molecule has 1 aromatic carbocycles. The summed E-state index contributed by atoms with van der Waals surface area (Å²) in [5, 5.41) is 0. The van der Waals surface area contributed by atoms with Crippen molar-refractivity contribution in [3.05, 3.63) is 34.4 Å². The first-order valence-electron chi connectivity index (χ1n) is 6.13. The van der Waals surface area contributed by atoms with Gasteiger partial charge < -0.3 is 0 Å². The fraction of sp³-hybridized carbons (Fsp3) is 0.533. The van der Waals surface area contributed by atoms with Crippen LogP contribution in [0.15, 0.2) is 12.1 Å². The van der Waals surface area contributed by atoms with Gasteiger partial charge in [0.15, 0.2) is 5.78 Å². The molecule has 0 spiro atoms. The predicted octanol–water partition coefficient (Wildman–Crippen LogP) is 4.02. The van der Waals surface area contributed by atoms with Crippen molar-refractivity contribution < 1.29 is 4.79 Å². The van der Waals surface area contributed by atoms with Gasteiger partial charge >= 0.3 is 0 Å². The van der Waals surface area contributed by atoms with Gasteiger partial charge in [-0.3, -0.25) is 4.79 Å². The Hall–Kier alpha value is -1.11. The number of hydrogen-bond donors (Lipinski definition) is 0. The van der Waals surface area contributed by atoms with Crippen LogP contribution in [0.25, 0.3) is 0 Å². The van der Waals surface area contributed by atoms with Gasteiger partial charge in [-0.05, 0) is 49.3 Å². The Labute approximate surface area is 97.9 Å². The van der Waals surface area contributed by atoms with Crippen LogP contribution in [0.3, 0.4) is 0 Å². The van der Waals surface area contributed by atoms with E-state index in [1.54, 1.807) is 0 Å². The number of aryl methyl sites for hydroxylation is 2. The molecule has 0 radical (unpaired) electrons. The summed E-state index contributed by atoms with van der Waals surface area (Å²) in [5.74, 6) is 1.46. The summed E-state index contributed by atoms with van der Waals surface area (Å²) in [7, 11) is 0. The van der Waals surface area contributed by atoms with Crippen LogP contribution in [0.5, 0.6) is 0 Å². The second-order valence-corrected chi connectivity index (χ2v) is 5.50. The summed E-state index contributed by atoms with van der Waals surface area (Å²) in [6, 6.07) is 4.26. The van der Waals surface area contributed by atoms with Crippen molar-refractivity contribution in [3.63, 3.8) is 0 Å². The molecular formula is C15H20O. The van der Waals surface area contributed by atoms with Crippen LogP contribution in [0.4, 0.5) is 0 Å². The standard InChI is InChI=1S/C15H20O/c1-9(2)5-12-8-14(16)13-7-10(3)6-11(4)15(12)13/h6-7,9,12H,5,8H2,1-4H3. The summed E-state index contributed by atoms with van der Waals surface area (Å²) in [4.78, 5) is 12.0. The fourth-order valence-corrected chi connectivity index (χ4v) is 2.96. The van der Waals surface area contributed by atoms with Crippen LogP contribution in [-0.4, -0.2) is 5.78 Å². The van der Waals surface area contributed by atoms with Crippen molar-refractivity contribution in [1.82, 2.24) is 0 Å². The zero-order valence-electron chi connectivity index (χ0n) is 10.6. The van der Waals surface area contributed by atoms with Gasteiger partial charge in [-0.1, -0.05) is 25.5 Å². The van der Waals surface area contributed by atoms with E-state index < -0.39 is 0 Å². The Bertz CT molecular complexity index is 429. The second-order valence-electron chi connectivity index (χ2n) is 5.50. The lowest BCUT2D eigenvalue weighted by Gasteiger charge is -2.15. The third kappa shape index (κ3) is 1.91. The highest BCUT2D eigenvalue weighted by molar-refractivity contribution is 6.01. The van der Waals surface area contributed by atoms with Gasteiger partial charge in [0.05, 0.1) is 0 Å². The zero-order valence-corrected chi connectivity index (χ0v) is 10.6. The average Bonchev–Trinajstić information content (AvgIpc) is 2.42. The minimum absolute atomic E-state index is 0.340. The van der Waals surface area contributed by atoms with Crippen LogP contribution in [0.2, 0.25) is 0 Å². The van der Waals surface area contributed by atoms with Crippen LogP contribution in [-0.2, 0) is 0 Å². The molecule has 0 heterocycles. The Kier molecular flexibility index (Phi) is 2.88. The van der Waals surface area contributed by atoms with E-state index in [2.05, 4.69) is 39.8 Å². The summed E-state index contributed by atoms with van der Waals surface area (Å²) in [6.45, 7) is 8.66. The molecule has 0 saturated carbocycles. The third-order valence-electron chi connectivity index (χ3n) is 3.43. The minimum Gasteiger partial charge on any atom is -0.294 e. The van der Waals surface area contributed by atoms with Crippen LogP contribution in [0.1, 0.15) is 59.7 Å². The first-order chi connectivity index (χ1) is 7.49. The molecule has 0 saturated heterocycles. The Balaban J connectivity index is 2.45. The lowest BCUT2D eigenvalue weighted by molar-refractivity contribution is 0.0987. The van der Waals surface area contributed by atoms with E-state index in [-0.39, 0.29) is 0 Å². The summed E-state index contributed by atoms with van der Waals surface area (Å²) in [6.07, 6.45) is 1.85. The van der Waals surface area contributed by atoms with Crippen LogP contribution in [0, 0.1) is 19.8 Å². The lowest BCUT2D eigenvalue weighted by atomic mass is 9.89. The Morgan fingerprint density at radius 3 is 2.62 bits per heavy atom. The monoisotopic (exact) mass is 216 g/mol. The van der Waals surface area contributed by atoms with E-state index in [0.29, 0.717) is 17.6 Å². The number of fused-ring (bicyclic) bond motifs is 1. The molecule has 1 aliphatic carbocycles. The molecule has 0 bridgehead atoms. The summed E-state index contributed by atoms with van der Waals surface area (Å²) >= 11 is 0. The molecule has 0 fully saturated rings. The van der Waals surface area contributed by atoms with E-state index in [1.165, 1.54) is 16.7 Å². The van der Waals surface area contributed by atoms with Crippen molar-refractivity contribution in [2.45, 2.75) is 46.5 Å². The molecule has 86 valence electrons. The molecule has 0 aromatic heterocycles. The van der Waals surface area contributed by atoms with Crippen molar-refractivity contribution in [2.75, 3.05) is 0 Å². The van der Waals surface area contributed by atoms with Crippen molar-refractivity contribution in [3.8, 4) is 0 Å². The SMILES string of the molecule is Cc1cc(C)c2c(c1)C(=O)CC2CC(C)C. The fourth-order valence-electron chi connectivity index (χ4n) is 2.96. The van der Waals surface area contributed by atoms with E-state index in [9.17, 15) is 4.79 Å². The minimum atomic E-state index is 0.340. The number of carbonyl (C=O) groups excluding carboxylic acids is 1. The second kappa shape index (κ2) is 4.04. The zero-order chi connectivity index (χ0) is 11.9. The first-order valence-corrected chi connectivity index (χ1v) is 6.13. The lowest BCUT2D eigenvalue weighted by Crippen LogP contribution is -2.01. The third-order valence-corrected chi connectivity index (χ3v) is 3.43. The van der Waals surface area contributed by atoms with Gasteiger partial charge in [0.1, 0.15) is 0 Å². The topological polar surface area (TPSA) is 17.1 Å². The van der Waals surface area contributed by atoms with Gasteiger partial charge in [0.25, 0.3) is 0 Å². The Morgan fingerprint density at radius 1 is 1.31 bits per heavy atom. The molecule has 0 N–H and O–H groups in total. The highest BCUT2D eigenvalue weighted by atomic mass is 16.1. The maximum Gasteiger partial charge on any atom is 0.163 e. The summed E-state index contributed by atoms with van der Waals surface area (Å²) in [5.41, 5.74) is 4.81. The number of hydrogen-bond acceptors (Lipinski definition) is 1. The molecular weight excluding hydrogens is 196 g/mol. The van der Waals surface area contributed by atoms with Crippen LogP contribution >= 0.6 is 0 Å². The van der Waals surface area contributed by atoms with E-state index in [4.69, 9.17) is 0 Å². The highest BCUT2D eigenvalue weighted by Crippen LogP contribution is 2.39. The normalized spacial score (nSPS) is 19.3. The molecule has 16 heavy (non-hydrogen) atoms. The van der Waals surface area contributed by atoms with Crippen LogP contribution < -0.4 is 0 Å². The molecule has 1 heteroatoms.